The summed E-state index contributed by atoms with van der Waals surface area (Å²) in [4.78, 5) is 6.67. The van der Waals surface area contributed by atoms with E-state index in [2.05, 4.69) is 35.9 Å². The van der Waals surface area contributed by atoms with Crippen LogP contribution in [-0.4, -0.2) is 17.6 Å². The molecule has 2 heteroatoms. The maximum atomic E-state index is 4.10. The lowest BCUT2D eigenvalue weighted by Gasteiger charge is -2.40. The zero-order valence-electron chi connectivity index (χ0n) is 10.4. The lowest BCUT2D eigenvalue weighted by Crippen LogP contribution is -2.42. The molecule has 1 aromatic rings. The molecule has 0 spiro atoms. The van der Waals surface area contributed by atoms with Gasteiger partial charge < -0.3 is 4.90 Å². The summed E-state index contributed by atoms with van der Waals surface area (Å²) in [7, 11) is 0. The molecule has 1 aliphatic rings. The van der Waals surface area contributed by atoms with Crippen molar-refractivity contribution in [3.8, 4) is 0 Å². The van der Waals surface area contributed by atoms with Gasteiger partial charge in [-0.1, -0.05) is 20.3 Å². The Labute approximate surface area is 98.7 Å². The van der Waals surface area contributed by atoms with E-state index in [4.69, 9.17) is 0 Å². The number of hydrogen-bond donors (Lipinski definition) is 0. The van der Waals surface area contributed by atoms with E-state index in [-0.39, 0.29) is 0 Å². The van der Waals surface area contributed by atoms with E-state index < -0.39 is 0 Å². The number of hydrogen-bond acceptors (Lipinski definition) is 2. The quantitative estimate of drug-likeness (QED) is 0.772. The normalized spacial score (nSPS) is 25.8. The average molecular weight is 218 g/mol. The van der Waals surface area contributed by atoms with Crippen LogP contribution in [0, 0.1) is 5.92 Å². The number of pyridine rings is 1. The molecule has 1 fully saturated rings. The Hall–Kier alpha value is -1.05. The smallest absolute Gasteiger partial charge is 0.0399 e. The van der Waals surface area contributed by atoms with Crippen LogP contribution in [0.5, 0.6) is 0 Å². The number of aromatic nitrogens is 1. The van der Waals surface area contributed by atoms with Gasteiger partial charge in [0, 0.05) is 30.7 Å². The van der Waals surface area contributed by atoms with E-state index in [0.29, 0.717) is 0 Å². The van der Waals surface area contributed by atoms with Crippen molar-refractivity contribution in [1.82, 2.24) is 4.98 Å². The minimum absolute atomic E-state index is 0.733. The van der Waals surface area contributed by atoms with E-state index >= 15 is 0 Å². The molecule has 0 aromatic carbocycles. The molecule has 2 nitrogen and oxygen atoms in total. The maximum Gasteiger partial charge on any atom is 0.0399 e. The summed E-state index contributed by atoms with van der Waals surface area (Å²) in [5.41, 5.74) is 1.35. The van der Waals surface area contributed by atoms with Crippen molar-refractivity contribution in [2.24, 2.45) is 5.92 Å². The molecule has 16 heavy (non-hydrogen) atoms. The molecule has 1 saturated heterocycles. The van der Waals surface area contributed by atoms with E-state index in [1.54, 1.807) is 0 Å². The van der Waals surface area contributed by atoms with Crippen LogP contribution in [0.4, 0.5) is 5.69 Å². The van der Waals surface area contributed by atoms with Crippen LogP contribution in [0.1, 0.15) is 39.5 Å². The standard InChI is InChI=1S/C14H22N2/c1-3-4-14-11-12(2)7-10-16(14)13-5-8-15-9-6-13/h5-6,8-9,12,14H,3-4,7,10-11H2,1-2H3. The Morgan fingerprint density at radius 1 is 1.38 bits per heavy atom. The average Bonchev–Trinajstić information content (AvgIpc) is 2.31. The highest BCUT2D eigenvalue weighted by Gasteiger charge is 2.25. The first-order valence-electron chi connectivity index (χ1n) is 6.48. The number of anilines is 1. The van der Waals surface area contributed by atoms with Crippen LogP contribution in [0.15, 0.2) is 24.5 Å². The molecule has 2 rings (SSSR count). The van der Waals surface area contributed by atoms with Crippen LogP contribution in [0.3, 0.4) is 0 Å². The van der Waals surface area contributed by atoms with Gasteiger partial charge in [0.25, 0.3) is 0 Å². The summed E-state index contributed by atoms with van der Waals surface area (Å²) in [6.45, 7) is 5.87. The lowest BCUT2D eigenvalue weighted by atomic mass is 9.90. The van der Waals surface area contributed by atoms with Crippen LogP contribution >= 0.6 is 0 Å². The predicted octanol–water partition coefficient (Wildman–Crippen LogP) is 3.49. The van der Waals surface area contributed by atoms with Crippen molar-refractivity contribution in [2.45, 2.75) is 45.6 Å². The molecule has 88 valence electrons. The summed E-state index contributed by atoms with van der Waals surface area (Å²) >= 11 is 0. The van der Waals surface area contributed by atoms with Gasteiger partial charge in [0.2, 0.25) is 0 Å². The molecule has 1 aliphatic heterocycles. The first-order valence-corrected chi connectivity index (χ1v) is 6.48. The van der Waals surface area contributed by atoms with E-state index in [1.165, 1.54) is 37.9 Å². The second-order valence-corrected chi connectivity index (χ2v) is 4.97. The second-order valence-electron chi connectivity index (χ2n) is 4.97. The Morgan fingerprint density at radius 3 is 2.81 bits per heavy atom. The van der Waals surface area contributed by atoms with Crippen LogP contribution < -0.4 is 4.90 Å². The molecule has 0 N–H and O–H groups in total. The molecule has 2 heterocycles. The van der Waals surface area contributed by atoms with E-state index in [0.717, 1.165) is 12.0 Å². The topological polar surface area (TPSA) is 16.1 Å². The van der Waals surface area contributed by atoms with Gasteiger partial charge in [-0.15, -0.1) is 0 Å². The van der Waals surface area contributed by atoms with E-state index in [1.807, 2.05) is 12.4 Å². The third-order valence-corrected chi connectivity index (χ3v) is 3.59. The molecule has 0 saturated carbocycles. The highest BCUT2D eigenvalue weighted by Crippen LogP contribution is 2.29. The summed E-state index contributed by atoms with van der Waals surface area (Å²) in [5.74, 6) is 0.884. The van der Waals surface area contributed by atoms with Crippen molar-refractivity contribution in [1.29, 1.82) is 0 Å². The first kappa shape index (κ1) is 11.4. The van der Waals surface area contributed by atoms with Gasteiger partial charge in [0.05, 0.1) is 0 Å². The summed E-state index contributed by atoms with van der Waals surface area (Å²) in [5, 5.41) is 0. The summed E-state index contributed by atoms with van der Waals surface area (Å²) < 4.78 is 0. The monoisotopic (exact) mass is 218 g/mol. The number of piperidine rings is 1. The van der Waals surface area contributed by atoms with Crippen molar-refractivity contribution >= 4 is 5.69 Å². The zero-order valence-corrected chi connectivity index (χ0v) is 10.4. The Bertz CT molecular complexity index is 310. The molecule has 2 atom stereocenters. The fraction of sp³-hybridized carbons (Fsp3) is 0.643. The molecule has 1 aromatic heterocycles. The minimum atomic E-state index is 0.733. The molecule has 0 bridgehead atoms. The highest BCUT2D eigenvalue weighted by molar-refractivity contribution is 5.46. The Morgan fingerprint density at radius 2 is 2.12 bits per heavy atom. The largest absolute Gasteiger partial charge is 0.368 e. The molecule has 2 unspecified atom stereocenters. The van der Waals surface area contributed by atoms with Gasteiger partial charge in [0.15, 0.2) is 0 Å². The van der Waals surface area contributed by atoms with Crippen molar-refractivity contribution < 1.29 is 0 Å². The van der Waals surface area contributed by atoms with Crippen LogP contribution in [-0.2, 0) is 0 Å². The Kier molecular flexibility index (Phi) is 3.81. The van der Waals surface area contributed by atoms with Gasteiger partial charge in [-0.05, 0) is 37.3 Å². The lowest BCUT2D eigenvalue weighted by molar-refractivity contribution is 0.348. The fourth-order valence-electron chi connectivity index (χ4n) is 2.73. The molecule has 0 aliphatic carbocycles. The first-order chi connectivity index (χ1) is 7.81. The van der Waals surface area contributed by atoms with Gasteiger partial charge in [-0.25, -0.2) is 0 Å². The van der Waals surface area contributed by atoms with Gasteiger partial charge in [-0.3, -0.25) is 4.98 Å². The van der Waals surface area contributed by atoms with Gasteiger partial charge in [0.1, 0.15) is 0 Å². The van der Waals surface area contributed by atoms with Gasteiger partial charge >= 0.3 is 0 Å². The highest BCUT2D eigenvalue weighted by atomic mass is 15.2. The Balaban J connectivity index is 2.12. The van der Waals surface area contributed by atoms with Crippen molar-refractivity contribution in [3.05, 3.63) is 24.5 Å². The van der Waals surface area contributed by atoms with Crippen LogP contribution in [0.2, 0.25) is 0 Å². The van der Waals surface area contributed by atoms with Crippen LogP contribution in [0.25, 0.3) is 0 Å². The van der Waals surface area contributed by atoms with Gasteiger partial charge in [-0.2, -0.15) is 0 Å². The molecular formula is C14H22N2. The van der Waals surface area contributed by atoms with Crippen molar-refractivity contribution in [2.75, 3.05) is 11.4 Å². The molecule has 0 radical (unpaired) electrons. The number of nitrogens with zero attached hydrogens (tertiary/aromatic N) is 2. The van der Waals surface area contributed by atoms with E-state index in [9.17, 15) is 0 Å². The molecule has 0 amide bonds. The third-order valence-electron chi connectivity index (χ3n) is 3.59. The third kappa shape index (κ3) is 2.55. The zero-order chi connectivity index (χ0) is 11.4. The van der Waals surface area contributed by atoms with Crippen molar-refractivity contribution in [3.63, 3.8) is 0 Å². The maximum absolute atomic E-state index is 4.10. The summed E-state index contributed by atoms with van der Waals surface area (Å²) in [6, 6.07) is 5.01. The summed E-state index contributed by atoms with van der Waals surface area (Å²) in [6.07, 6.45) is 9.05. The number of rotatable bonds is 3. The second kappa shape index (κ2) is 5.33. The molecular weight excluding hydrogens is 196 g/mol. The fourth-order valence-corrected chi connectivity index (χ4v) is 2.73. The minimum Gasteiger partial charge on any atom is -0.368 e. The SMILES string of the molecule is CCCC1CC(C)CCN1c1ccncc1. The predicted molar refractivity (Wildman–Crippen MR) is 68.7 cm³/mol.